The monoisotopic (exact) mass is 583 g/mol. The molecule has 42 heavy (non-hydrogen) atoms. The number of benzene rings is 2. The number of anilines is 1. The number of carbonyl (C=O) groups excluding carboxylic acids is 1. The normalized spacial score (nSPS) is 24.7. The molecule has 2 atom stereocenters. The molecular formula is C33H43F2N3O4. The van der Waals surface area contributed by atoms with E-state index >= 15 is 4.39 Å². The van der Waals surface area contributed by atoms with E-state index in [1.165, 1.54) is 6.07 Å². The van der Waals surface area contributed by atoms with Crippen LogP contribution in [0.2, 0.25) is 0 Å². The minimum Gasteiger partial charge on any atom is -0.497 e. The molecule has 3 heterocycles. The minimum absolute atomic E-state index is 0.0420. The molecule has 0 unspecified atom stereocenters. The van der Waals surface area contributed by atoms with Crippen LogP contribution in [0, 0.1) is 11.7 Å². The molecule has 1 N–H and O–H groups in total. The number of hydrogen-bond acceptors (Lipinski definition) is 5. The zero-order valence-corrected chi connectivity index (χ0v) is 25.1. The largest absolute Gasteiger partial charge is 0.497 e. The lowest BCUT2D eigenvalue weighted by molar-refractivity contribution is -0.145. The molecular weight excluding hydrogens is 540 g/mol. The van der Waals surface area contributed by atoms with Gasteiger partial charge in [0.2, 0.25) is 5.67 Å². The fourth-order valence-corrected chi connectivity index (χ4v) is 6.91. The second-order valence-electron chi connectivity index (χ2n) is 13.1. The van der Waals surface area contributed by atoms with Crippen molar-refractivity contribution in [2.75, 3.05) is 51.3 Å². The third-order valence-electron chi connectivity index (χ3n) is 9.60. The summed E-state index contributed by atoms with van der Waals surface area (Å²) in [6.45, 7) is 8.61. The average molecular weight is 584 g/mol. The number of aliphatic carboxylic acids is 1. The van der Waals surface area contributed by atoms with Crippen molar-refractivity contribution in [2.24, 2.45) is 5.92 Å². The molecule has 0 aromatic heterocycles. The van der Waals surface area contributed by atoms with Gasteiger partial charge in [0.15, 0.2) is 0 Å². The zero-order chi connectivity index (χ0) is 30.2. The Balaban J connectivity index is 1.32. The predicted octanol–water partition coefficient (Wildman–Crippen LogP) is 5.45. The number of likely N-dealkylation sites (tertiary alicyclic amines) is 2. The Morgan fingerprint density at radius 1 is 0.976 bits per heavy atom. The van der Waals surface area contributed by atoms with Crippen molar-refractivity contribution in [3.63, 3.8) is 0 Å². The smallest absolute Gasteiger partial charge is 0.306 e. The average Bonchev–Trinajstić information content (AvgIpc) is 3.36. The molecule has 228 valence electrons. The van der Waals surface area contributed by atoms with Gasteiger partial charge in [-0.25, -0.2) is 8.78 Å². The maximum atomic E-state index is 17.1. The van der Waals surface area contributed by atoms with Crippen LogP contribution < -0.4 is 9.64 Å². The van der Waals surface area contributed by atoms with Gasteiger partial charge in [-0.2, -0.15) is 0 Å². The maximum absolute atomic E-state index is 17.1. The van der Waals surface area contributed by atoms with Gasteiger partial charge in [-0.05, 0) is 87.8 Å². The van der Waals surface area contributed by atoms with Crippen molar-refractivity contribution >= 4 is 17.6 Å². The molecule has 9 heteroatoms. The van der Waals surface area contributed by atoms with Crippen molar-refractivity contribution in [1.82, 2.24) is 9.80 Å². The predicted molar refractivity (Wildman–Crippen MR) is 158 cm³/mol. The Kier molecular flexibility index (Phi) is 8.52. The fraction of sp³-hybridized carbons (Fsp3) is 0.576. The standard InChI is InChI=1S/C33H43F2N3O4/c1-32(2,3)38-20-28(23-5-8-26(42-4)9-6-23)33(35,21-38)31(41)37-17-11-22(12-18-37)27-10-7-25(34)19-29(27)36-15-13-24(14-16-36)30(39)40/h5-10,19,22,24,28H,11-18,20-21H2,1-4H3,(H,39,40)/t28-,33-/m0/s1. The summed E-state index contributed by atoms with van der Waals surface area (Å²) < 4.78 is 36.8. The van der Waals surface area contributed by atoms with Gasteiger partial charge >= 0.3 is 5.97 Å². The number of nitrogens with zero attached hydrogens (tertiary/aromatic N) is 3. The van der Waals surface area contributed by atoms with Crippen LogP contribution in [0.1, 0.15) is 69.4 Å². The third kappa shape index (κ3) is 5.98. The zero-order valence-electron chi connectivity index (χ0n) is 25.1. The number of alkyl halides is 1. The van der Waals surface area contributed by atoms with Crippen molar-refractivity contribution < 1.29 is 28.2 Å². The Morgan fingerprint density at radius 3 is 2.19 bits per heavy atom. The highest BCUT2D eigenvalue weighted by atomic mass is 19.1. The number of piperidine rings is 2. The summed E-state index contributed by atoms with van der Waals surface area (Å²) in [7, 11) is 1.59. The number of carboxylic acids is 1. The van der Waals surface area contributed by atoms with Gasteiger partial charge in [0.05, 0.1) is 13.0 Å². The van der Waals surface area contributed by atoms with Crippen LogP contribution in [-0.4, -0.2) is 84.4 Å². The fourth-order valence-electron chi connectivity index (χ4n) is 6.91. The van der Waals surface area contributed by atoms with Crippen LogP contribution in [0.25, 0.3) is 0 Å². The summed E-state index contributed by atoms with van der Waals surface area (Å²) in [6, 6.07) is 12.2. The maximum Gasteiger partial charge on any atom is 0.306 e. The molecule has 0 saturated carbocycles. The lowest BCUT2D eigenvalue weighted by Gasteiger charge is -2.39. The van der Waals surface area contributed by atoms with Gasteiger partial charge in [0, 0.05) is 56.4 Å². The van der Waals surface area contributed by atoms with E-state index in [1.54, 1.807) is 18.1 Å². The van der Waals surface area contributed by atoms with E-state index < -0.39 is 23.5 Å². The SMILES string of the molecule is COc1ccc([C@@H]2CN(C(C)(C)C)C[C@@]2(F)C(=O)N2CCC(c3ccc(F)cc3N3CCC(C(=O)O)CC3)CC2)cc1. The molecule has 3 saturated heterocycles. The van der Waals surface area contributed by atoms with Crippen LogP contribution in [0.5, 0.6) is 5.75 Å². The second kappa shape index (κ2) is 11.8. The molecule has 7 nitrogen and oxygen atoms in total. The molecule has 0 radical (unpaired) electrons. The molecule has 0 spiro atoms. The summed E-state index contributed by atoms with van der Waals surface area (Å²) in [6.07, 6.45) is 2.36. The number of halogens is 2. The third-order valence-corrected chi connectivity index (χ3v) is 9.60. The number of hydrogen-bond donors (Lipinski definition) is 1. The molecule has 3 aliphatic rings. The van der Waals surface area contributed by atoms with E-state index in [-0.39, 0.29) is 29.7 Å². The van der Waals surface area contributed by atoms with Gasteiger partial charge in [0.1, 0.15) is 11.6 Å². The number of carbonyl (C=O) groups is 2. The van der Waals surface area contributed by atoms with Crippen molar-refractivity contribution in [2.45, 2.75) is 69.5 Å². The molecule has 5 rings (SSSR count). The number of methoxy groups -OCH3 is 1. The topological polar surface area (TPSA) is 73.3 Å². The first kappa shape index (κ1) is 30.3. The van der Waals surface area contributed by atoms with Crippen molar-refractivity contribution in [1.29, 1.82) is 0 Å². The van der Waals surface area contributed by atoms with Crippen molar-refractivity contribution in [3.05, 3.63) is 59.4 Å². The van der Waals surface area contributed by atoms with E-state index in [0.29, 0.717) is 64.2 Å². The second-order valence-corrected chi connectivity index (χ2v) is 13.1. The molecule has 0 bridgehead atoms. The summed E-state index contributed by atoms with van der Waals surface area (Å²) in [4.78, 5) is 31.2. The first-order valence-corrected chi connectivity index (χ1v) is 15.0. The Bertz CT molecular complexity index is 1280. The van der Waals surface area contributed by atoms with Gasteiger partial charge in [0.25, 0.3) is 5.91 Å². The summed E-state index contributed by atoms with van der Waals surface area (Å²) in [5.74, 6) is -1.73. The summed E-state index contributed by atoms with van der Waals surface area (Å²) in [5, 5.41) is 9.38. The quantitative estimate of drug-likeness (QED) is 0.488. The lowest BCUT2D eigenvalue weighted by Crippen LogP contribution is -2.53. The first-order chi connectivity index (χ1) is 19.9. The highest BCUT2D eigenvalue weighted by Gasteiger charge is 2.57. The van der Waals surface area contributed by atoms with E-state index in [9.17, 15) is 19.1 Å². The number of rotatable bonds is 6. The minimum atomic E-state index is -2.05. The van der Waals surface area contributed by atoms with Crippen LogP contribution in [-0.2, 0) is 9.59 Å². The Morgan fingerprint density at radius 2 is 1.62 bits per heavy atom. The van der Waals surface area contributed by atoms with Crippen LogP contribution in [0.15, 0.2) is 42.5 Å². The van der Waals surface area contributed by atoms with E-state index in [0.717, 1.165) is 16.8 Å². The van der Waals surface area contributed by atoms with E-state index in [4.69, 9.17) is 4.74 Å². The van der Waals surface area contributed by atoms with Gasteiger partial charge < -0.3 is 19.6 Å². The van der Waals surface area contributed by atoms with Crippen LogP contribution >= 0.6 is 0 Å². The van der Waals surface area contributed by atoms with Gasteiger partial charge in [-0.3, -0.25) is 14.5 Å². The van der Waals surface area contributed by atoms with E-state index in [2.05, 4.69) is 9.80 Å². The molecule has 2 aromatic carbocycles. The summed E-state index contributed by atoms with van der Waals surface area (Å²) >= 11 is 0. The number of ether oxygens (including phenoxy) is 1. The molecule has 1 amide bonds. The molecule has 2 aromatic rings. The highest BCUT2D eigenvalue weighted by Crippen LogP contribution is 2.44. The molecule has 3 fully saturated rings. The highest BCUT2D eigenvalue weighted by molar-refractivity contribution is 5.87. The van der Waals surface area contributed by atoms with Gasteiger partial charge in [-0.1, -0.05) is 18.2 Å². The number of carboxylic acid groups (broad SMARTS) is 1. The first-order valence-electron chi connectivity index (χ1n) is 15.0. The van der Waals surface area contributed by atoms with Crippen molar-refractivity contribution in [3.8, 4) is 5.75 Å². The molecule has 0 aliphatic carbocycles. The lowest BCUT2D eigenvalue weighted by atomic mass is 9.83. The van der Waals surface area contributed by atoms with E-state index in [1.807, 2.05) is 51.1 Å². The Hall–Kier alpha value is -3.20. The van der Waals surface area contributed by atoms with Crippen LogP contribution in [0.3, 0.4) is 0 Å². The summed E-state index contributed by atoms with van der Waals surface area (Å²) in [5.41, 5.74) is 0.273. The Labute approximate surface area is 247 Å². The molecule has 3 aliphatic heterocycles. The van der Waals surface area contributed by atoms with Crippen LogP contribution in [0.4, 0.5) is 14.5 Å². The van der Waals surface area contributed by atoms with Gasteiger partial charge in [-0.15, -0.1) is 0 Å². The number of amides is 1.